The standard InChI is InChI=1S/C20H23N3O2/c24-19(13-15-4-5-16-2-1-3-17(16)12-15)22-8-10-23(11-9-22)20(25)18-6-7-21-14-18/h4-7,12,14,21H,1-3,8-11,13H2. The summed E-state index contributed by atoms with van der Waals surface area (Å²) in [5.74, 6) is 0.193. The molecule has 25 heavy (non-hydrogen) atoms. The van der Waals surface area contributed by atoms with E-state index >= 15 is 0 Å². The average Bonchev–Trinajstić information content (AvgIpc) is 3.32. The van der Waals surface area contributed by atoms with Crippen LogP contribution in [0, 0.1) is 0 Å². The third-order valence-electron chi connectivity index (χ3n) is 5.28. The summed E-state index contributed by atoms with van der Waals surface area (Å²) in [5.41, 5.74) is 4.63. The van der Waals surface area contributed by atoms with Crippen molar-refractivity contribution in [1.82, 2.24) is 14.8 Å². The number of nitrogens with one attached hydrogen (secondary N) is 1. The lowest BCUT2D eigenvalue weighted by Gasteiger charge is -2.34. The Bertz CT molecular complexity index is 774. The van der Waals surface area contributed by atoms with Gasteiger partial charge in [0.25, 0.3) is 5.91 Å². The summed E-state index contributed by atoms with van der Waals surface area (Å²) < 4.78 is 0. The minimum absolute atomic E-state index is 0.0342. The summed E-state index contributed by atoms with van der Waals surface area (Å²) in [7, 11) is 0. The first kappa shape index (κ1) is 15.9. The summed E-state index contributed by atoms with van der Waals surface area (Å²) in [4.78, 5) is 31.5. The lowest BCUT2D eigenvalue weighted by Crippen LogP contribution is -2.50. The fourth-order valence-corrected chi connectivity index (χ4v) is 3.82. The van der Waals surface area contributed by atoms with E-state index in [0.29, 0.717) is 38.2 Å². The summed E-state index contributed by atoms with van der Waals surface area (Å²) in [6.45, 7) is 2.42. The summed E-state index contributed by atoms with van der Waals surface area (Å²) in [5, 5.41) is 0. The molecule has 2 aromatic rings. The van der Waals surface area contributed by atoms with Crippen molar-refractivity contribution in [2.45, 2.75) is 25.7 Å². The second-order valence-electron chi connectivity index (χ2n) is 6.91. The molecule has 1 N–H and O–H groups in total. The summed E-state index contributed by atoms with van der Waals surface area (Å²) in [6.07, 6.45) is 7.46. The maximum absolute atomic E-state index is 12.6. The molecular formula is C20H23N3O2. The van der Waals surface area contributed by atoms with E-state index in [-0.39, 0.29) is 11.8 Å². The molecule has 5 nitrogen and oxygen atoms in total. The molecule has 0 spiro atoms. The number of rotatable bonds is 3. The highest BCUT2D eigenvalue weighted by atomic mass is 16.2. The Kier molecular flexibility index (Phi) is 4.30. The first-order valence-corrected chi connectivity index (χ1v) is 9.01. The van der Waals surface area contributed by atoms with E-state index < -0.39 is 0 Å². The molecule has 1 aliphatic heterocycles. The Balaban J connectivity index is 1.33. The Morgan fingerprint density at radius 1 is 0.960 bits per heavy atom. The van der Waals surface area contributed by atoms with Gasteiger partial charge in [0.2, 0.25) is 5.91 Å². The van der Waals surface area contributed by atoms with Gasteiger partial charge < -0.3 is 14.8 Å². The van der Waals surface area contributed by atoms with Crippen LogP contribution in [0.1, 0.15) is 33.5 Å². The van der Waals surface area contributed by atoms with Crippen molar-refractivity contribution in [3.8, 4) is 0 Å². The number of amides is 2. The quantitative estimate of drug-likeness (QED) is 0.932. The van der Waals surface area contributed by atoms with Crippen LogP contribution in [-0.2, 0) is 24.1 Å². The second-order valence-corrected chi connectivity index (χ2v) is 6.91. The largest absolute Gasteiger partial charge is 0.367 e. The fraction of sp³-hybridized carbons (Fsp3) is 0.400. The van der Waals surface area contributed by atoms with Crippen LogP contribution in [0.25, 0.3) is 0 Å². The normalized spacial score (nSPS) is 16.8. The first-order valence-electron chi connectivity index (χ1n) is 9.01. The van der Waals surface area contributed by atoms with E-state index in [9.17, 15) is 9.59 Å². The van der Waals surface area contributed by atoms with E-state index in [1.54, 1.807) is 18.5 Å². The Hall–Kier alpha value is -2.56. The van der Waals surface area contributed by atoms with Crippen molar-refractivity contribution in [3.63, 3.8) is 0 Å². The van der Waals surface area contributed by atoms with Crippen LogP contribution in [0.15, 0.2) is 36.7 Å². The summed E-state index contributed by atoms with van der Waals surface area (Å²) in [6, 6.07) is 8.26. The molecule has 1 fully saturated rings. The van der Waals surface area contributed by atoms with E-state index in [0.717, 1.165) is 12.0 Å². The zero-order valence-electron chi connectivity index (χ0n) is 14.3. The van der Waals surface area contributed by atoms with Gasteiger partial charge in [0.1, 0.15) is 0 Å². The van der Waals surface area contributed by atoms with Gasteiger partial charge in [0.05, 0.1) is 12.0 Å². The van der Waals surface area contributed by atoms with Gasteiger partial charge in [-0.1, -0.05) is 18.2 Å². The Morgan fingerprint density at radius 3 is 2.48 bits per heavy atom. The van der Waals surface area contributed by atoms with Crippen molar-refractivity contribution in [3.05, 3.63) is 58.9 Å². The number of aryl methyl sites for hydroxylation is 2. The van der Waals surface area contributed by atoms with Crippen molar-refractivity contribution in [2.75, 3.05) is 26.2 Å². The molecule has 1 aromatic carbocycles. The molecule has 130 valence electrons. The van der Waals surface area contributed by atoms with Gasteiger partial charge in [0, 0.05) is 38.6 Å². The number of aromatic nitrogens is 1. The van der Waals surface area contributed by atoms with Crippen molar-refractivity contribution >= 4 is 11.8 Å². The van der Waals surface area contributed by atoms with Crippen LogP contribution >= 0.6 is 0 Å². The molecule has 1 aliphatic carbocycles. The molecule has 0 atom stereocenters. The zero-order chi connectivity index (χ0) is 17.2. The number of benzene rings is 1. The number of carbonyl (C=O) groups excluding carboxylic acids is 2. The van der Waals surface area contributed by atoms with Gasteiger partial charge in [-0.05, 0) is 42.0 Å². The molecule has 0 bridgehead atoms. The molecule has 4 rings (SSSR count). The third-order valence-corrected chi connectivity index (χ3v) is 5.28. The van der Waals surface area contributed by atoms with E-state index in [1.165, 1.54) is 24.0 Å². The van der Waals surface area contributed by atoms with E-state index in [1.807, 2.05) is 9.80 Å². The Labute approximate surface area is 147 Å². The molecular weight excluding hydrogens is 314 g/mol. The molecule has 2 amide bonds. The van der Waals surface area contributed by atoms with Gasteiger partial charge in [0.15, 0.2) is 0 Å². The number of hydrogen-bond donors (Lipinski definition) is 1. The molecule has 1 aromatic heterocycles. The number of piperazine rings is 1. The molecule has 5 heteroatoms. The average molecular weight is 337 g/mol. The lowest BCUT2D eigenvalue weighted by atomic mass is 10.0. The second kappa shape index (κ2) is 6.75. The highest BCUT2D eigenvalue weighted by molar-refractivity contribution is 5.94. The van der Waals surface area contributed by atoms with Gasteiger partial charge >= 0.3 is 0 Å². The van der Waals surface area contributed by atoms with Gasteiger partial charge in [-0.3, -0.25) is 9.59 Å². The predicted molar refractivity (Wildman–Crippen MR) is 95.4 cm³/mol. The number of carbonyl (C=O) groups is 2. The van der Waals surface area contributed by atoms with E-state index in [2.05, 4.69) is 23.2 Å². The van der Waals surface area contributed by atoms with Crippen LogP contribution in [0.2, 0.25) is 0 Å². The van der Waals surface area contributed by atoms with Crippen LogP contribution in [0.4, 0.5) is 0 Å². The monoisotopic (exact) mass is 337 g/mol. The minimum atomic E-state index is 0.0342. The number of fused-ring (bicyclic) bond motifs is 1. The van der Waals surface area contributed by atoms with Crippen LogP contribution in [0.5, 0.6) is 0 Å². The molecule has 0 unspecified atom stereocenters. The number of aromatic amines is 1. The van der Waals surface area contributed by atoms with E-state index in [4.69, 9.17) is 0 Å². The van der Waals surface area contributed by atoms with Gasteiger partial charge in [-0.15, -0.1) is 0 Å². The zero-order valence-corrected chi connectivity index (χ0v) is 14.3. The molecule has 0 radical (unpaired) electrons. The Morgan fingerprint density at radius 2 is 1.72 bits per heavy atom. The fourth-order valence-electron chi connectivity index (χ4n) is 3.82. The lowest BCUT2D eigenvalue weighted by molar-refractivity contribution is -0.131. The van der Waals surface area contributed by atoms with Crippen molar-refractivity contribution in [1.29, 1.82) is 0 Å². The smallest absolute Gasteiger partial charge is 0.255 e. The third kappa shape index (κ3) is 3.31. The van der Waals surface area contributed by atoms with Crippen molar-refractivity contribution < 1.29 is 9.59 Å². The maximum Gasteiger partial charge on any atom is 0.255 e. The molecule has 2 heterocycles. The molecule has 2 aliphatic rings. The highest BCUT2D eigenvalue weighted by Crippen LogP contribution is 2.23. The number of H-pyrrole nitrogens is 1. The number of hydrogen-bond acceptors (Lipinski definition) is 2. The van der Waals surface area contributed by atoms with Crippen molar-refractivity contribution in [2.24, 2.45) is 0 Å². The van der Waals surface area contributed by atoms with Gasteiger partial charge in [-0.25, -0.2) is 0 Å². The number of nitrogens with zero attached hydrogens (tertiary/aromatic N) is 2. The van der Waals surface area contributed by atoms with Gasteiger partial charge in [-0.2, -0.15) is 0 Å². The SMILES string of the molecule is O=C(Cc1ccc2c(c1)CCC2)N1CCN(C(=O)c2cc[nH]c2)CC1. The van der Waals surface area contributed by atoms with Crippen LogP contribution < -0.4 is 0 Å². The highest BCUT2D eigenvalue weighted by Gasteiger charge is 2.25. The maximum atomic E-state index is 12.6. The minimum Gasteiger partial charge on any atom is -0.367 e. The topological polar surface area (TPSA) is 56.4 Å². The van der Waals surface area contributed by atoms with Crippen LogP contribution in [0.3, 0.4) is 0 Å². The van der Waals surface area contributed by atoms with Crippen LogP contribution in [-0.4, -0.2) is 52.8 Å². The molecule has 1 saturated heterocycles. The summed E-state index contributed by atoms with van der Waals surface area (Å²) >= 11 is 0. The predicted octanol–water partition coefficient (Wildman–Crippen LogP) is 2.03. The molecule has 0 saturated carbocycles. The first-order chi connectivity index (χ1) is 12.2.